The van der Waals surface area contributed by atoms with Crippen LogP contribution < -0.4 is 21.3 Å². The van der Waals surface area contributed by atoms with Crippen LogP contribution >= 0.6 is 0 Å². The summed E-state index contributed by atoms with van der Waals surface area (Å²) in [6.07, 6.45) is 4.18. The molecule has 0 bridgehead atoms. The number of allylic oxidation sites excluding steroid dienone is 1. The molecule has 2 amide bonds. The number of esters is 1. The van der Waals surface area contributed by atoms with Crippen LogP contribution in [0.1, 0.15) is 56.0 Å². The Balaban J connectivity index is 1.52. The second-order valence-corrected chi connectivity index (χ2v) is 9.35. The summed E-state index contributed by atoms with van der Waals surface area (Å²) in [6, 6.07) is 12.8. The predicted octanol–water partition coefficient (Wildman–Crippen LogP) is 4.18. The molecule has 0 saturated carbocycles. The Morgan fingerprint density at radius 2 is 1.89 bits per heavy atom. The van der Waals surface area contributed by atoms with Gasteiger partial charge in [0.25, 0.3) is 5.91 Å². The van der Waals surface area contributed by atoms with Gasteiger partial charge < -0.3 is 26.0 Å². The molecular formula is C27H34N4O4. The molecule has 35 heavy (non-hydrogen) atoms. The standard InChI is InChI=1S/C27H34N4O4/c1-18(32)31(16-14-27(2,3)28)21-11-9-20(10-12-21)29-15-6-5-7-23-22-13-8-19(26(34)35-4)17-24(22)30-25(23)33/h7-13,17,29H,5-6,14-16,28H2,1-4H3,(H,30,33). The normalized spacial score (nSPS) is 13.9. The molecule has 1 aliphatic rings. The van der Waals surface area contributed by atoms with Gasteiger partial charge in [-0.3, -0.25) is 9.59 Å². The van der Waals surface area contributed by atoms with Gasteiger partial charge in [-0.05, 0) is 69.5 Å². The number of nitrogens with two attached hydrogens (primary N) is 1. The van der Waals surface area contributed by atoms with Crippen LogP contribution in [0.5, 0.6) is 0 Å². The molecule has 1 heterocycles. The number of carbonyl (C=O) groups excluding carboxylic acids is 3. The number of nitrogens with one attached hydrogen (secondary N) is 2. The van der Waals surface area contributed by atoms with E-state index in [0.717, 1.165) is 36.3 Å². The average Bonchev–Trinajstić information content (AvgIpc) is 3.12. The maximum Gasteiger partial charge on any atom is 0.337 e. The van der Waals surface area contributed by atoms with Crippen molar-refractivity contribution in [2.45, 2.75) is 45.6 Å². The maximum atomic E-state index is 12.4. The summed E-state index contributed by atoms with van der Waals surface area (Å²) in [5, 5.41) is 6.18. The molecule has 8 heteroatoms. The summed E-state index contributed by atoms with van der Waals surface area (Å²) in [6.45, 7) is 6.77. The highest BCUT2D eigenvalue weighted by Gasteiger charge is 2.25. The number of benzene rings is 2. The topological polar surface area (TPSA) is 114 Å². The number of methoxy groups -OCH3 is 1. The molecule has 2 aromatic carbocycles. The summed E-state index contributed by atoms with van der Waals surface area (Å²) < 4.78 is 4.73. The Labute approximate surface area is 206 Å². The van der Waals surface area contributed by atoms with Crippen LogP contribution in [0.15, 0.2) is 48.5 Å². The molecule has 3 rings (SSSR count). The van der Waals surface area contributed by atoms with Crippen LogP contribution in [-0.4, -0.2) is 43.5 Å². The van der Waals surface area contributed by atoms with E-state index >= 15 is 0 Å². The molecule has 0 saturated heterocycles. The quantitative estimate of drug-likeness (QED) is 0.268. The van der Waals surface area contributed by atoms with Crippen molar-refractivity contribution in [3.63, 3.8) is 0 Å². The lowest BCUT2D eigenvalue weighted by molar-refractivity contribution is -0.116. The monoisotopic (exact) mass is 478 g/mol. The average molecular weight is 479 g/mol. The molecule has 0 unspecified atom stereocenters. The molecule has 2 aromatic rings. The molecule has 0 fully saturated rings. The van der Waals surface area contributed by atoms with E-state index in [9.17, 15) is 14.4 Å². The molecule has 1 aliphatic heterocycles. The van der Waals surface area contributed by atoms with E-state index in [1.807, 2.05) is 44.2 Å². The molecular weight excluding hydrogens is 444 g/mol. The molecule has 0 aromatic heterocycles. The zero-order valence-electron chi connectivity index (χ0n) is 20.8. The maximum absolute atomic E-state index is 12.4. The van der Waals surface area contributed by atoms with E-state index in [0.29, 0.717) is 29.8 Å². The van der Waals surface area contributed by atoms with E-state index in [1.54, 1.807) is 30.0 Å². The fourth-order valence-corrected chi connectivity index (χ4v) is 3.85. The van der Waals surface area contributed by atoms with Gasteiger partial charge in [0.2, 0.25) is 5.91 Å². The van der Waals surface area contributed by atoms with Crippen LogP contribution in [-0.2, 0) is 14.3 Å². The van der Waals surface area contributed by atoms with Crippen molar-refractivity contribution in [1.29, 1.82) is 0 Å². The number of ether oxygens (including phenoxy) is 1. The van der Waals surface area contributed by atoms with Crippen molar-refractivity contribution >= 4 is 40.4 Å². The second-order valence-electron chi connectivity index (χ2n) is 9.35. The van der Waals surface area contributed by atoms with Gasteiger partial charge >= 0.3 is 5.97 Å². The summed E-state index contributed by atoms with van der Waals surface area (Å²) in [5.41, 5.74) is 9.97. The molecule has 0 atom stereocenters. The van der Waals surface area contributed by atoms with E-state index in [2.05, 4.69) is 10.6 Å². The minimum absolute atomic E-state index is 0.0120. The van der Waals surface area contributed by atoms with Gasteiger partial charge in [-0.25, -0.2) is 4.79 Å². The summed E-state index contributed by atoms with van der Waals surface area (Å²) >= 11 is 0. The Morgan fingerprint density at radius 3 is 2.51 bits per heavy atom. The van der Waals surface area contributed by atoms with Gasteiger partial charge in [0, 0.05) is 53.8 Å². The number of amides is 2. The van der Waals surface area contributed by atoms with Crippen LogP contribution in [0, 0.1) is 0 Å². The third-order valence-electron chi connectivity index (χ3n) is 5.82. The van der Waals surface area contributed by atoms with Crippen LogP contribution in [0.2, 0.25) is 0 Å². The van der Waals surface area contributed by atoms with Crippen molar-refractivity contribution in [3.8, 4) is 0 Å². The lowest BCUT2D eigenvalue weighted by Crippen LogP contribution is -2.39. The van der Waals surface area contributed by atoms with Crippen molar-refractivity contribution in [2.24, 2.45) is 5.73 Å². The second kappa shape index (κ2) is 11.2. The minimum atomic E-state index is -0.438. The minimum Gasteiger partial charge on any atom is -0.465 e. The number of fused-ring (bicyclic) bond motifs is 1. The number of carbonyl (C=O) groups is 3. The van der Waals surface area contributed by atoms with Gasteiger partial charge in [0.05, 0.1) is 12.7 Å². The summed E-state index contributed by atoms with van der Waals surface area (Å²) in [5.74, 6) is -0.618. The first kappa shape index (κ1) is 26.0. The van der Waals surface area contributed by atoms with Gasteiger partial charge in [0.15, 0.2) is 0 Å². The van der Waals surface area contributed by atoms with Crippen LogP contribution in [0.4, 0.5) is 17.1 Å². The van der Waals surface area contributed by atoms with E-state index in [-0.39, 0.29) is 17.4 Å². The zero-order valence-corrected chi connectivity index (χ0v) is 20.8. The van der Waals surface area contributed by atoms with Gasteiger partial charge in [-0.15, -0.1) is 0 Å². The summed E-state index contributed by atoms with van der Waals surface area (Å²) in [7, 11) is 1.33. The van der Waals surface area contributed by atoms with Crippen molar-refractivity contribution < 1.29 is 19.1 Å². The van der Waals surface area contributed by atoms with E-state index in [1.165, 1.54) is 7.11 Å². The van der Waals surface area contributed by atoms with Crippen LogP contribution in [0.25, 0.3) is 5.57 Å². The number of hydrogen-bond acceptors (Lipinski definition) is 6. The molecule has 0 radical (unpaired) electrons. The Morgan fingerprint density at radius 1 is 1.17 bits per heavy atom. The third-order valence-corrected chi connectivity index (χ3v) is 5.82. The number of rotatable bonds is 10. The largest absolute Gasteiger partial charge is 0.465 e. The van der Waals surface area contributed by atoms with E-state index < -0.39 is 5.97 Å². The lowest BCUT2D eigenvalue weighted by atomic mass is 10.0. The van der Waals surface area contributed by atoms with Crippen molar-refractivity contribution in [1.82, 2.24) is 0 Å². The van der Waals surface area contributed by atoms with Gasteiger partial charge in [-0.2, -0.15) is 0 Å². The fourth-order valence-electron chi connectivity index (χ4n) is 3.85. The fraction of sp³-hybridized carbons (Fsp3) is 0.370. The first-order chi connectivity index (χ1) is 16.6. The summed E-state index contributed by atoms with van der Waals surface area (Å²) in [4.78, 5) is 37.9. The number of unbranched alkanes of at least 4 members (excludes halogenated alkanes) is 1. The van der Waals surface area contributed by atoms with E-state index in [4.69, 9.17) is 10.5 Å². The predicted molar refractivity (Wildman–Crippen MR) is 139 cm³/mol. The van der Waals surface area contributed by atoms with Crippen LogP contribution in [0.3, 0.4) is 0 Å². The molecule has 186 valence electrons. The first-order valence-corrected chi connectivity index (χ1v) is 11.7. The SMILES string of the molecule is COC(=O)c1ccc2c(c1)NC(=O)C2=CCCCNc1ccc(N(CCC(C)(C)N)C(C)=O)cc1. The lowest BCUT2D eigenvalue weighted by Gasteiger charge is -2.26. The van der Waals surface area contributed by atoms with Gasteiger partial charge in [-0.1, -0.05) is 12.1 Å². The van der Waals surface area contributed by atoms with Gasteiger partial charge in [0.1, 0.15) is 0 Å². The third kappa shape index (κ3) is 6.93. The highest BCUT2D eigenvalue weighted by molar-refractivity contribution is 6.31. The molecule has 4 N–H and O–H groups in total. The Hall–Kier alpha value is -3.65. The molecule has 0 spiro atoms. The number of anilines is 3. The van der Waals surface area contributed by atoms with Crippen molar-refractivity contribution in [3.05, 3.63) is 59.7 Å². The highest BCUT2D eigenvalue weighted by atomic mass is 16.5. The Kier molecular flexibility index (Phi) is 8.30. The molecule has 0 aliphatic carbocycles. The molecule has 8 nitrogen and oxygen atoms in total. The first-order valence-electron chi connectivity index (χ1n) is 11.7. The smallest absolute Gasteiger partial charge is 0.337 e. The number of nitrogens with zero attached hydrogens (tertiary/aromatic N) is 1. The Bertz CT molecular complexity index is 1120. The zero-order chi connectivity index (χ0) is 25.6. The highest BCUT2D eigenvalue weighted by Crippen LogP contribution is 2.33. The van der Waals surface area contributed by atoms with Crippen molar-refractivity contribution in [2.75, 3.05) is 35.7 Å². The number of hydrogen-bond donors (Lipinski definition) is 3.